The van der Waals surface area contributed by atoms with Crippen LogP contribution >= 0.6 is 0 Å². The van der Waals surface area contributed by atoms with Crippen molar-refractivity contribution in [2.75, 3.05) is 13.2 Å². The molecular weight excluding hydrogens is 420 g/mol. The lowest BCUT2D eigenvalue weighted by Gasteiger charge is -2.48. The molecule has 0 saturated carbocycles. The summed E-state index contributed by atoms with van der Waals surface area (Å²) in [5.74, 6) is 0. The largest absolute Gasteiger partial charge is 0.346 e. The molecule has 33 heavy (non-hydrogen) atoms. The van der Waals surface area contributed by atoms with Crippen molar-refractivity contribution < 1.29 is 28.4 Å². The summed E-state index contributed by atoms with van der Waals surface area (Å²) in [7, 11) is 0. The fourth-order valence-corrected chi connectivity index (χ4v) is 4.59. The topological polar surface area (TPSA) is 55.4 Å². The Morgan fingerprint density at radius 2 is 0.788 bits per heavy atom. The van der Waals surface area contributed by atoms with E-state index in [1.165, 1.54) is 0 Å². The molecule has 3 aromatic rings. The van der Waals surface area contributed by atoms with Crippen LogP contribution in [0.3, 0.4) is 0 Å². The molecule has 0 aromatic heterocycles. The molecule has 0 spiro atoms. The standard InChI is InChI=1S/C27H26O6/c1-4-10-18(11-5-1)25-28-16-21-24-23(32-26(30-21)19-12-6-2-7-13-19)22(17-29-25)31-27(33-24)20-14-8-3-9-15-20/h1-15,21-27H,16-17H2/t21-,22+,23-,24-,25?,26?,27?/m0/s1. The zero-order valence-electron chi connectivity index (χ0n) is 18.1. The number of ether oxygens (including phenoxy) is 6. The van der Waals surface area contributed by atoms with Crippen molar-refractivity contribution in [3.05, 3.63) is 108 Å². The summed E-state index contributed by atoms with van der Waals surface area (Å²) in [5.41, 5.74) is 2.85. The van der Waals surface area contributed by atoms with E-state index in [-0.39, 0.29) is 24.4 Å². The van der Waals surface area contributed by atoms with Crippen molar-refractivity contribution in [1.82, 2.24) is 0 Å². The first-order valence-corrected chi connectivity index (χ1v) is 11.3. The molecule has 3 aromatic carbocycles. The molecule has 7 atom stereocenters. The maximum atomic E-state index is 6.42. The van der Waals surface area contributed by atoms with E-state index in [0.29, 0.717) is 13.2 Å². The first kappa shape index (κ1) is 21.0. The van der Waals surface area contributed by atoms with Crippen LogP contribution < -0.4 is 0 Å². The van der Waals surface area contributed by atoms with Crippen LogP contribution in [0.4, 0.5) is 0 Å². The summed E-state index contributed by atoms with van der Waals surface area (Å²) in [6.45, 7) is 0.614. The Balaban J connectivity index is 1.32. The molecule has 6 nitrogen and oxygen atoms in total. The Hall–Kier alpha value is -2.58. The van der Waals surface area contributed by atoms with E-state index < -0.39 is 18.9 Å². The molecule has 0 radical (unpaired) electrons. The number of hydrogen-bond donors (Lipinski definition) is 0. The van der Waals surface area contributed by atoms with E-state index in [2.05, 4.69) is 0 Å². The lowest BCUT2D eigenvalue weighted by Crippen LogP contribution is -2.59. The van der Waals surface area contributed by atoms with E-state index in [1.807, 2.05) is 91.0 Å². The molecule has 0 N–H and O–H groups in total. The third-order valence-corrected chi connectivity index (χ3v) is 6.25. The minimum Gasteiger partial charge on any atom is -0.346 e. The van der Waals surface area contributed by atoms with Gasteiger partial charge in [0.15, 0.2) is 18.9 Å². The molecule has 170 valence electrons. The maximum absolute atomic E-state index is 6.42. The molecule has 3 saturated heterocycles. The smallest absolute Gasteiger partial charge is 0.184 e. The summed E-state index contributed by atoms with van der Waals surface area (Å²) in [6.07, 6.45) is -2.99. The van der Waals surface area contributed by atoms with Gasteiger partial charge in [-0.15, -0.1) is 0 Å². The van der Waals surface area contributed by atoms with Crippen molar-refractivity contribution >= 4 is 0 Å². The summed E-state index contributed by atoms with van der Waals surface area (Å²) < 4.78 is 38.1. The predicted octanol–water partition coefficient (Wildman–Crippen LogP) is 4.70. The normalized spacial score (nSPS) is 34.0. The van der Waals surface area contributed by atoms with Gasteiger partial charge in [-0.2, -0.15) is 0 Å². The summed E-state index contributed by atoms with van der Waals surface area (Å²) in [4.78, 5) is 0. The van der Waals surface area contributed by atoms with E-state index in [9.17, 15) is 0 Å². The molecule has 4 bridgehead atoms. The molecule has 3 heterocycles. The minimum absolute atomic E-state index is 0.307. The second-order valence-electron chi connectivity index (χ2n) is 8.44. The maximum Gasteiger partial charge on any atom is 0.184 e. The lowest BCUT2D eigenvalue weighted by atomic mass is 9.99. The molecular formula is C27H26O6. The van der Waals surface area contributed by atoms with Gasteiger partial charge in [-0.25, -0.2) is 0 Å². The monoisotopic (exact) mass is 446 g/mol. The van der Waals surface area contributed by atoms with Crippen LogP contribution in [0, 0.1) is 0 Å². The highest BCUT2D eigenvalue weighted by Gasteiger charge is 2.51. The van der Waals surface area contributed by atoms with E-state index >= 15 is 0 Å². The SMILES string of the molecule is c1ccc(C2OC[C@@H]3OC(c4ccccc4)O[C@@H]4[C@H]3OC(c3ccccc3)O[C@@H]4CO2)cc1. The zero-order chi connectivity index (χ0) is 22.0. The Labute approximate surface area is 192 Å². The van der Waals surface area contributed by atoms with Crippen molar-refractivity contribution in [3.63, 3.8) is 0 Å². The lowest BCUT2D eigenvalue weighted by molar-refractivity contribution is -0.384. The van der Waals surface area contributed by atoms with Gasteiger partial charge < -0.3 is 28.4 Å². The minimum atomic E-state index is -0.530. The molecule has 3 aliphatic heterocycles. The highest BCUT2D eigenvalue weighted by Crippen LogP contribution is 2.42. The fourth-order valence-electron chi connectivity index (χ4n) is 4.59. The second-order valence-corrected chi connectivity index (χ2v) is 8.44. The predicted molar refractivity (Wildman–Crippen MR) is 119 cm³/mol. The van der Waals surface area contributed by atoms with Gasteiger partial charge in [-0.05, 0) is 0 Å². The van der Waals surface area contributed by atoms with Gasteiger partial charge in [-0.1, -0.05) is 91.0 Å². The van der Waals surface area contributed by atoms with Crippen LogP contribution in [-0.4, -0.2) is 37.6 Å². The summed E-state index contributed by atoms with van der Waals surface area (Å²) in [6, 6.07) is 29.8. The van der Waals surface area contributed by atoms with Crippen LogP contribution in [0.2, 0.25) is 0 Å². The average Bonchev–Trinajstić information content (AvgIpc) is 2.92. The molecule has 6 rings (SSSR count). The Kier molecular flexibility index (Phi) is 5.94. The Bertz CT molecular complexity index is 965. The molecule has 6 heteroatoms. The first-order valence-electron chi connectivity index (χ1n) is 11.3. The molecule has 3 fully saturated rings. The van der Waals surface area contributed by atoms with Gasteiger partial charge in [0.25, 0.3) is 0 Å². The van der Waals surface area contributed by atoms with Gasteiger partial charge in [0, 0.05) is 16.7 Å². The third-order valence-electron chi connectivity index (χ3n) is 6.25. The van der Waals surface area contributed by atoms with Gasteiger partial charge in [0.1, 0.15) is 24.4 Å². The van der Waals surface area contributed by atoms with Crippen LogP contribution in [0.1, 0.15) is 35.6 Å². The second kappa shape index (κ2) is 9.35. The Morgan fingerprint density at radius 1 is 0.424 bits per heavy atom. The average molecular weight is 446 g/mol. The van der Waals surface area contributed by atoms with Crippen molar-refractivity contribution in [3.8, 4) is 0 Å². The van der Waals surface area contributed by atoms with E-state index in [0.717, 1.165) is 16.7 Å². The van der Waals surface area contributed by atoms with Crippen LogP contribution in [0.25, 0.3) is 0 Å². The van der Waals surface area contributed by atoms with E-state index in [1.54, 1.807) is 0 Å². The van der Waals surface area contributed by atoms with Gasteiger partial charge in [0.05, 0.1) is 13.2 Å². The molecule has 3 aliphatic rings. The quantitative estimate of drug-likeness (QED) is 0.582. The number of rotatable bonds is 3. The molecule has 0 amide bonds. The van der Waals surface area contributed by atoms with E-state index in [4.69, 9.17) is 28.4 Å². The fraction of sp³-hybridized carbons (Fsp3) is 0.333. The van der Waals surface area contributed by atoms with Crippen LogP contribution in [0.15, 0.2) is 91.0 Å². The van der Waals surface area contributed by atoms with Crippen LogP contribution in [-0.2, 0) is 28.4 Å². The third kappa shape index (κ3) is 4.34. The molecule has 3 unspecified atom stereocenters. The highest BCUT2D eigenvalue weighted by molar-refractivity contribution is 5.19. The van der Waals surface area contributed by atoms with Gasteiger partial charge in [0.2, 0.25) is 0 Å². The zero-order valence-corrected chi connectivity index (χ0v) is 18.1. The van der Waals surface area contributed by atoms with Crippen molar-refractivity contribution in [1.29, 1.82) is 0 Å². The molecule has 0 aliphatic carbocycles. The van der Waals surface area contributed by atoms with Crippen molar-refractivity contribution in [2.45, 2.75) is 43.3 Å². The summed E-state index contributed by atoms with van der Waals surface area (Å²) in [5, 5.41) is 0. The van der Waals surface area contributed by atoms with Gasteiger partial charge >= 0.3 is 0 Å². The van der Waals surface area contributed by atoms with Crippen molar-refractivity contribution in [2.24, 2.45) is 0 Å². The van der Waals surface area contributed by atoms with Crippen LogP contribution in [0.5, 0.6) is 0 Å². The summed E-state index contributed by atoms with van der Waals surface area (Å²) >= 11 is 0. The number of benzene rings is 3. The Morgan fingerprint density at radius 3 is 1.18 bits per heavy atom. The number of hydrogen-bond acceptors (Lipinski definition) is 6. The first-order chi connectivity index (χ1) is 16.3. The van der Waals surface area contributed by atoms with Gasteiger partial charge in [-0.3, -0.25) is 0 Å². The highest BCUT2D eigenvalue weighted by atomic mass is 16.8.